The Hall–Kier alpha value is -2.48. The van der Waals surface area contributed by atoms with E-state index in [0.29, 0.717) is 23.4 Å². The minimum atomic E-state index is -4.50. The molecule has 0 aliphatic carbocycles. The molecule has 1 N–H and O–H groups in total. The third kappa shape index (κ3) is 3.38. The molecule has 0 spiro atoms. The van der Waals surface area contributed by atoms with Crippen molar-refractivity contribution in [2.24, 2.45) is 5.10 Å². The summed E-state index contributed by atoms with van der Waals surface area (Å²) < 4.78 is 48.2. The van der Waals surface area contributed by atoms with Gasteiger partial charge >= 0.3 is 6.18 Å². The standard InChI is InChI=1S/C15H11ClF3N3O2/c1-8(9-2-3-12-13(4-9)24-7-23-12)21-22-14-11(16)5-10(6-20-14)15(17,18)19/h2-6H,7H2,1H3,(H,20,22)/b21-8-. The number of alkyl halides is 3. The van der Waals surface area contributed by atoms with Crippen LogP contribution in [-0.2, 0) is 6.18 Å². The first-order valence-electron chi connectivity index (χ1n) is 6.77. The number of hydrogen-bond donors (Lipinski definition) is 1. The summed E-state index contributed by atoms with van der Waals surface area (Å²) >= 11 is 5.81. The lowest BCUT2D eigenvalue weighted by Crippen LogP contribution is -2.07. The number of nitrogens with zero attached hydrogens (tertiary/aromatic N) is 2. The van der Waals surface area contributed by atoms with E-state index in [1.54, 1.807) is 25.1 Å². The fourth-order valence-corrected chi connectivity index (χ4v) is 2.21. The molecule has 9 heteroatoms. The summed E-state index contributed by atoms with van der Waals surface area (Å²) in [6.07, 6.45) is -3.81. The number of halogens is 4. The van der Waals surface area contributed by atoms with Crippen molar-refractivity contribution in [1.82, 2.24) is 4.98 Å². The molecule has 0 saturated carbocycles. The van der Waals surface area contributed by atoms with Gasteiger partial charge in [0.15, 0.2) is 17.3 Å². The van der Waals surface area contributed by atoms with E-state index in [-0.39, 0.29) is 17.6 Å². The lowest BCUT2D eigenvalue weighted by Gasteiger charge is -2.09. The molecule has 1 aliphatic heterocycles. The Kier molecular flexibility index (Phi) is 4.23. The van der Waals surface area contributed by atoms with Gasteiger partial charge in [0.2, 0.25) is 6.79 Å². The van der Waals surface area contributed by atoms with Crippen LogP contribution in [0.5, 0.6) is 11.5 Å². The molecule has 1 aromatic carbocycles. The first-order chi connectivity index (χ1) is 11.3. The quantitative estimate of drug-likeness (QED) is 0.656. The second kappa shape index (κ2) is 6.20. The lowest BCUT2D eigenvalue weighted by atomic mass is 10.1. The highest BCUT2D eigenvalue weighted by Crippen LogP contribution is 2.33. The lowest BCUT2D eigenvalue weighted by molar-refractivity contribution is -0.137. The number of hydrogen-bond acceptors (Lipinski definition) is 5. The number of hydrazone groups is 1. The van der Waals surface area contributed by atoms with Crippen LogP contribution in [0.15, 0.2) is 35.6 Å². The van der Waals surface area contributed by atoms with Gasteiger partial charge in [0, 0.05) is 11.8 Å². The Morgan fingerprint density at radius 3 is 2.71 bits per heavy atom. The number of ether oxygens (including phenoxy) is 2. The van der Waals surface area contributed by atoms with Crippen LogP contribution < -0.4 is 14.9 Å². The normalized spacial score (nSPS) is 14.0. The minimum Gasteiger partial charge on any atom is -0.454 e. The van der Waals surface area contributed by atoms with Crippen LogP contribution in [0.3, 0.4) is 0 Å². The van der Waals surface area contributed by atoms with Gasteiger partial charge in [-0.15, -0.1) is 0 Å². The Morgan fingerprint density at radius 1 is 1.25 bits per heavy atom. The molecule has 1 aromatic heterocycles. The molecule has 24 heavy (non-hydrogen) atoms. The molecule has 1 aliphatic rings. The van der Waals surface area contributed by atoms with E-state index in [1.807, 2.05) is 0 Å². The van der Waals surface area contributed by atoms with Gasteiger partial charge in [-0.3, -0.25) is 5.43 Å². The molecule has 0 radical (unpaired) electrons. The van der Waals surface area contributed by atoms with Crippen LogP contribution in [0.2, 0.25) is 5.02 Å². The number of aromatic nitrogens is 1. The topological polar surface area (TPSA) is 55.7 Å². The zero-order valence-electron chi connectivity index (χ0n) is 12.3. The molecule has 0 amide bonds. The van der Waals surface area contributed by atoms with Gasteiger partial charge in [0.05, 0.1) is 16.3 Å². The van der Waals surface area contributed by atoms with Crippen LogP contribution in [-0.4, -0.2) is 17.5 Å². The van der Waals surface area contributed by atoms with E-state index in [1.165, 1.54) is 0 Å². The van der Waals surface area contributed by atoms with Gasteiger partial charge in [0.25, 0.3) is 0 Å². The molecule has 0 bridgehead atoms. The van der Waals surface area contributed by atoms with Crippen molar-refractivity contribution < 1.29 is 22.6 Å². The van der Waals surface area contributed by atoms with Crippen molar-refractivity contribution in [3.8, 4) is 11.5 Å². The van der Waals surface area contributed by atoms with Crippen LogP contribution in [0.1, 0.15) is 18.1 Å². The molecule has 0 unspecified atom stereocenters. The average Bonchev–Trinajstić information content (AvgIpc) is 3.00. The molecule has 0 fully saturated rings. The van der Waals surface area contributed by atoms with Crippen LogP contribution >= 0.6 is 11.6 Å². The summed E-state index contributed by atoms with van der Waals surface area (Å²) in [4.78, 5) is 3.65. The number of benzene rings is 1. The SMILES string of the molecule is C/C(=N/Nc1ncc(C(F)(F)F)cc1Cl)c1ccc2c(c1)OCO2. The summed E-state index contributed by atoms with van der Waals surface area (Å²) in [5.74, 6) is 1.28. The van der Waals surface area contributed by atoms with Crippen molar-refractivity contribution in [3.63, 3.8) is 0 Å². The first-order valence-corrected chi connectivity index (χ1v) is 7.15. The Morgan fingerprint density at radius 2 is 2.00 bits per heavy atom. The predicted octanol–water partition coefficient (Wildman–Crippen LogP) is 4.32. The maximum Gasteiger partial charge on any atom is 0.417 e. The number of fused-ring (bicyclic) bond motifs is 1. The van der Waals surface area contributed by atoms with Crippen LogP contribution in [0.25, 0.3) is 0 Å². The summed E-state index contributed by atoms with van der Waals surface area (Å²) in [5, 5.41) is 3.91. The van der Waals surface area contributed by atoms with Crippen molar-refractivity contribution in [3.05, 3.63) is 46.6 Å². The highest BCUT2D eigenvalue weighted by Gasteiger charge is 2.31. The molecular formula is C15H11ClF3N3O2. The van der Waals surface area contributed by atoms with E-state index in [0.717, 1.165) is 11.6 Å². The third-order valence-corrected chi connectivity index (χ3v) is 3.58. The Bertz CT molecular complexity index is 809. The second-order valence-corrected chi connectivity index (χ2v) is 5.34. The molecular weight excluding hydrogens is 347 g/mol. The fraction of sp³-hybridized carbons (Fsp3) is 0.200. The fourth-order valence-electron chi connectivity index (χ4n) is 2.00. The van der Waals surface area contributed by atoms with E-state index in [2.05, 4.69) is 15.5 Å². The molecule has 2 aromatic rings. The summed E-state index contributed by atoms with van der Waals surface area (Å²) in [7, 11) is 0. The number of anilines is 1. The van der Waals surface area contributed by atoms with E-state index < -0.39 is 11.7 Å². The summed E-state index contributed by atoms with van der Waals surface area (Å²) in [5.41, 5.74) is 2.98. The molecule has 0 saturated heterocycles. The van der Waals surface area contributed by atoms with Gasteiger partial charge in [-0.1, -0.05) is 11.6 Å². The summed E-state index contributed by atoms with van der Waals surface area (Å²) in [6, 6.07) is 6.09. The van der Waals surface area contributed by atoms with E-state index >= 15 is 0 Å². The molecule has 3 rings (SSSR count). The molecule has 2 heterocycles. The van der Waals surface area contributed by atoms with Gasteiger partial charge in [0.1, 0.15) is 0 Å². The Labute approximate surface area is 140 Å². The van der Waals surface area contributed by atoms with Gasteiger partial charge in [-0.05, 0) is 31.2 Å². The molecule has 126 valence electrons. The predicted molar refractivity (Wildman–Crippen MR) is 82.6 cm³/mol. The van der Waals surface area contributed by atoms with E-state index in [9.17, 15) is 13.2 Å². The zero-order valence-corrected chi connectivity index (χ0v) is 13.1. The van der Waals surface area contributed by atoms with Crippen molar-refractivity contribution in [2.75, 3.05) is 12.2 Å². The highest BCUT2D eigenvalue weighted by atomic mass is 35.5. The Balaban J connectivity index is 1.78. The summed E-state index contributed by atoms with van der Waals surface area (Å²) in [6.45, 7) is 1.89. The third-order valence-electron chi connectivity index (χ3n) is 3.29. The first kappa shape index (κ1) is 16.4. The van der Waals surface area contributed by atoms with Gasteiger partial charge < -0.3 is 9.47 Å². The number of rotatable bonds is 3. The average molecular weight is 358 g/mol. The molecule has 0 atom stereocenters. The van der Waals surface area contributed by atoms with E-state index in [4.69, 9.17) is 21.1 Å². The van der Waals surface area contributed by atoms with Gasteiger partial charge in [-0.2, -0.15) is 18.3 Å². The maximum absolute atomic E-state index is 12.6. The number of nitrogens with one attached hydrogen (secondary N) is 1. The van der Waals surface area contributed by atoms with Crippen molar-refractivity contribution in [1.29, 1.82) is 0 Å². The highest BCUT2D eigenvalue weighted by molar-refractivity contribution is 6.33. The minimum absolute atomic E-state index is 0.0322. The molecule has 5 nitrogen and oxygen atoms in total. The largest absolute Gasteiger partial charge is 0.454 e. The van der Waals surface area contributed by atoms with Crippen molar-refractivity contribution >= 4 is 23.1 Å². The van der Waals surface area contributed by atoms with Crippen LogP contribution in [0.4, 0.5) is 19.0 Å². The zero-order chi connectivity index (χ0) is 17.3. The maximum atomic E-state index is 12.6. The monoisotopic (exact) mass is 357 g/mol. The smallest absolute Gasteiger partial charge is 0.417 e. The van der Waals surface area contributed by atoms with Gasteiger partial charge in [-0.25, -0.2) is 4.98 Å². The van der Waals surface area contributed by atoms with Crippen LogP contribution in [0, 0.1) is 0 Å². The number of pyridine rings is 1. The second-order valence-electron chi connectivity index (χ2n) is 4.93. The van der Waals surface area contributed by atoms with Crippen molar-refractivity contribution in [2.45, 2.75) is 13.1 Å².